The molecule has 0 heterocycles. The Labute approximate surface area is 253 Å². The summed E-state index contributed by atoms with van der Waals surface area (Å²) in [4.78, 5) is 13.0. The van der Waals surface area contributed by atoms with E-state index in [0.29, 0.717) is 17.2 Å². The third kappa shape index (κ3) is 7.59. The van der Waals surface area contributed by atoms with Crippen molar-refractivity contribution in [3.8, 4) is 11.5 Å². The highest BCUT2D eigenvalue weighted by Crippen LogP contribution is 2.27. The molecule has 4 aromatic carbocycles. The van der Waals surface area contributed by atoms with Crippen molar-refractivity contribution >= 4 is 37.3 Å². The molecular weight excluding hydrogens is 588 g/mol. The van der Waals surface area contributed by atoms with Crippen LogP contribution in [0.4, 0.5) is 11.4 Å². The van der Waals surface area contributed by atoms with Crippen molar-refractivity contribution in [1.82, 2.24) is 8.61 Å². The van der Waals surface area contributed by atoms with Crippen molar-refractivity contribution in [2.75, 3.05) is 38.8 Å². The van der Waals surface area contributed by atoms with Crippen LogP contribution in [0.3, 0.4) is 0 Å². The molecule has 2 N–H and O–H groups in total. The predicted molar refractivity (Wildman–Crippen MR) is 168 cm³/mol. The number of hydrogen-bond acceptors (Lipinski definition) is 7. The van der Waals surface area contributed by atoms with Crippen molar-refractivity contribution in [3.63, 3.8) is 0 Å². The topological polar surface area (TPSA) is 125 Å². The first kappa shape index (κ1) is 31.7. The van der Waals surface area contributed by atoms with Gasteiger partial charge in [-0.25, -0.2) is 25.4 Å². The van der Waals surface area contributed by atoms with Crippen LogP contribution in [0.5, 0.6) is 11.5 Å². The zero-order valence-corrected chi connectivity index (χ0v) is 26.1. The summed E-state index contributed by atoms with van der Waals surface area (Å²) in [7, 11) is -1.31. The Kier molecular flexibility index (Phi) is 9.55. The minimum absolute atomic E-state index is 0.0363. The minimum atomic E-state index is -3.66. The zero-order chi connectivity index (χ0) is 31.4. The summed E-state index contributed by atoms with van der Waals surface area (Å²) in [5.74, 6) is 0.728. The van der Waals surface area contributed by atoms with Gasteiger partial charge < -0.3 is 15.4 Å². The first-order chi connectivity index (χ1) is 20.3. The van der Waals surface area contributed by atoms with Gasteiger partial charge in [0.15, 0.2) is 0 Å². The lowest BCUT2D eigenvalue weighted by molar-refractivity contribution is 0.102. The van der Waals surface area contributed by atoms with Crippen LogP contribution in [0.1, 0.15) is 28.9 Å². The molecule has 0 aliphatic carbocycles. The molecule has 0 aliphatic heterocycles. The number of benzene rings is 4. The smallest absolute Gasteiger partial charge is 0.255 e. The third-order valence-electron chi connectivity index (χ3n) is 6.60. The highest BCUT2D eigenvalue weighted by Gasteiger charge is 2.20. The van der Waals surface area contributed by atoms with Crippen LogP contribution in [-0.2, 0) is 20.0 Å². The Bertz CT molecular complexity index is 1810. The number of amides is 1. The van der Waals surface area contributed by atoms with Gasteiger partial charge in [-0.1, -0.05) is 18.2 Å². The molecule has 43 heavy (non-hydrogen) atoms. The predicted octanol–water partition coefficient (Wildman–Crippen LogP) is 5.40. The lowest BCUT2D eigenvalue weighted by atomic mass is 10.1. The second-order valence-corrected chi connectivity index (χ2v) is 14.4. The molecule has 0 aromatic heterocycles. The maximum Gasteiger partial charge on any atom is 0.255 e. The van der Waals surface area contributed by atoms with E-state index in [1.807, 2.05) is 37.3 Å². The van der Waals surface area contributed by atoms with Gasteiger partial charge in [-0.15, -0.1) is 0 Å². The maximum absolute atomic E-state index is 12.7. The molecule has 0 bridgehead atoms. The normalized spacial score (nSPS) is 12.6. The lowest BCUT2D eigenvalue weighted by Gasteiger charge is -2.18. The SMILES string of the molecule is CC(Nc1ccc(Oc2ccc(NC(=O)c3cccc(S(=O)(=O)N(C)C)c3)cc2)cc1)c1cccc(S(=O)(=O)N(C)C)c1. The zero-order valence-electron chi connectivity index (χ0n) is 24.5. The number of carbonyl (C=O) groups is 1. The van der Waals surface area contributed by atoms with E-state index in [0.717, 1.165) is 15.6 Å². The van der Waals surface area contributed by atoms with Crippen LogP contribution < -0.4 is 15.4 Å². The molecule has 0 radical (unpaired) electrons. The Morgan fingerprint density at radius 3 is 1.70 bits per heavy atom. The Morgan fingerprint density at radius 2 is 1.16 bits per heavy atom. The molecule has 0 aliphatic rings. The molecule has 1 unspecified atom stereocenters. The van der Waals surface area contributed by atoms with Crippen LogP contribution >= 0.6 is 0 Å². The molecule has 0 fully saturated rings. The van der Waals surface area contributed by atoms with E-state index in [1.54, 1.807) is 48.5 Å². The number of nitrogens with one attached hydrogen (secondary N) is 2. The molecule has 226 valence electrons. The monoisotopic (exact) mass is 622 g/mol. The fourth-order valence-corrected chi connectivity index (χ4v) is 5.97. The molecule has 12 heteroatoms. The summed E-state index contributed by atoms with van der Waals surface area (Å²) in [6.45, 7) is 1.95. The largest absolute Gasteiger partial charge is 0.457 e. The van der Waals surface area contributed by atoms with Crippen molar-refractivity contribution in [2.24, 2.45) is 0 Å². The van der Waals surface area contributed by atoms with Crippen molar-refractivity contribution in [1.29, 1.82) is 0 Å². The van der Waals surface area contributed by atoms with E-state index >= 15 is 0 Å². The number of rotatable bonds is 11. The van der Waals surface area contributed by atoms with Gasteiger partial charge in [-0.3, -0.25) is 4.79 Å². The first-order valence-electron chi connectivity index (χ1n) is 13.3. The lowest BCUT2D eigenvalue weighted by Crippen LogP contribution is -2.22. The summed E-state index contributed by atoms with van der Waals surface area (Å²) in [5.41, 5.74) is 2.41. The van der Waals surface area contributed by atoms with Crippen LogP contribution in [0, 0.1) is 0 Å². The number of nitrogens with zero attached hydrogens (tertiary/aromatic N) is 2. The summed E-state index contributed by atoms with van der Waals surface area (Å²) < 4.78 is 58.0. The highest BCUT2D eigenvalue weighted by atomic mass is 32.2. The van der Waals surface area contributed by atoms with Gasteiger partial charge in [-0.05, 0) is 91.3 Å². The molecule has 1 atom stereocenters. The minimum Gasteiger partial charge on any atom is -0.457 e. The molecule has 10 nitrogen and oxygen atoms in total. The molecule has 4 rings (SSSR count). The Hall–Kier alpha value is -4.23. The quantitative estimate of drug-likeness (QED) is 0.229. The van der Waals surface area contributed by atoms with Gasteiger partial charge in [0, 0.05) is 51.2 Å². The number of hydrogen-bond donors (Lipinski definition) is 2. The number of anilines is 2. The molecule has 1 amide bonds. The van der Waals surface area contributed by atoms with Gasteiger partial charge in [-0.2, -0.15) is 0 Å². The molecule has 0 saturated heterocycles. The Balaban J connectivity index is 1.36. The molecule has 4 aromatic rings. The van der Waals surface area contributed by atoms with E-state index in [4.69, 9.17) is 4.74 Å². The Morgan fingerprint density at radius 1 is 0.674 bits per heavy atom. The fraction of sp³-hybridized carbons (Fsp3) is 0.194. The first-order valence-corrected chi connectivity index (χ1v) is 16.2. The van der Waals surface area contributed by atoms with Crippen LogP contribution in [0.15, 0.2) is 107 Å². The number of carbonyl (C=O) groups excluding carboxylic acids is 1. The van der Waals surface area contributed by atoms with E-state index in [9.17, 15) is 21.6 Å². The van der Waals surface area contributed by atoms with E-state index in [-0.39, 0.29) is 21.4 Å². The number of ether oxygens (including phenoxy) is 1. The van der Waals surface area contributed by atoms with E-state index in [1.165, 1.54) is 50.7 Å². The van der Waals surface area contributed by atoms with Crippen LogP contribution in [0.25, 0.3) is 0 Å². The van der Waals surface area contributed by atoms with E-state index in [2.05, 4.69) is 10.6 Å². The molecule has 0 saturated carbocycles. The highest BCUT2D eigenvalue weighted by molar-refractivity contribution is 7.89. The van der Waals surface area contributed by atoms with E-state index < -0.39 is 26.0 Å². The van der Waals surface area contributed by atoms with Gasteiger partial charge in [0.25, 0.3) is 5.91 Å². The second-order valence-electron chi connectivity index (χ2n) is 10.1. The summed E-state index contributed by atoms with van der Waals surface area (Å²) >= 11 is 0. The third-order valence-corrected chi connectivity index (χ3v) is 10.2. The van der Waals surface area contributed by atoms with Crippen molar-refractivity contribution in [2.45, 2.75) is 22.8 Å². The number of sulfonamides is 2. The standard InChI is InChI=1S/C31H34N4O6S2/c1-22(23-8-6-10-29(20-23)42(37,38)34(2)3)32-25-12-16-27(17-13-25)41-28-18-14-26(15-19-28)33-31(36)24-9-7-11-30(21-24)43(39,40)35(4)5/h6-22,32H,1-5H3,(H,33,36). The van der Waals surface area contributed by atoms with Crippen LogP contribution in [0.2, 0.25) is 0 Å². The average Bonchev–Trinajstić information content (AvgIpc) is 2.99. The average molecular weight is 623 g/mol. The second kappa shape index (κ2) is 13.0. The molecular formula is C31H34N4O6S2. The fourth-order valence-electron chi connectivity index (χ4n) is 4.06. The van der Waals surface area contributed by atoms with Gasteiger partial charge in [0.1, 0.15) is 11.5 Å². The van der Waals surface area contributed by atoms with Crippen LogP contribution in [-0.4, -0.2) is 59.5 Å². The summed E-state index contributed by atoms with van der Waals surface area (Å²) in [6.07, 6.45) is 0. The van der Waals surface area contributed by atoms with Gasteiger partial charge >= 0.3 is 0 Å². The van der Waals surface area contributed by atoms with Crippen molar-refractivity contribution < 1.29 is 26.4 Å². The summed E-state index contributed by atoms with van der Waals surface area (Å²) in [5, 5.41) is 6.14. The van der Waals surface area contributed by atoms with Gasteiger partial charge in [0.2, 0.25) is 20.0 Å². The maximum atomic E-state index is 12.7. The van der Waals surface area contributed by atoms with Gasteiger partial charge in [0.05, 0.1) is 9.79 Å². The summed E-state index contributed by atoms with van der Waals surface area (Å²) in [6, 6.07) is 26.7. The molecule has 0 spiro atoms. The van der Waals surface area contributed by atoms with Crippen molar-refractivity contribution in [3.05, 3.63) is 108 Å².